The van der Waals surface area contributed by atoms with E-state index < -0.39 is 10.9 Å². The topological polar surface area (TPSA) is 48.5 Å². The fourth-order valence-corrected chi connectivity index (χ4v) is 2.36. The van der Waals surface area contributed by atoms with Gasteiger partial charge in [-0.05, 0) is 11.6 Å². The van der Waals surface area contributed by atoms with Crippen molar-refractivity contribution in [2.75, 3.05) is 0 Å². The molecule has 0 N–H and O–H groups in total. The van der Waals surface area contributed by atoms with E-state index in [4.69, 9.17) is 5.26 Å². The van der Waals surface area contributed by atoms with Crippen LogP contribution < -0.4 is 0 Å². The maximum atomic E-state index is 8.46. The van der Waals surface area contributed by atoms with E-state index in [1.807, 2.05) is 30.5 Å². The molecule has 1 aliphatic heterocycles. The van der Waals surface area contributed by atoms with Crippen LogP contribution in [0.1, 0.15) is 5.56 Å². The summed E-state index contributed by atoms with van der Waals surface area (Å²) < 4.78 is 7.93. The molecule has 0 saturated heterocycles. The molecule has 0 spiro atoms. The quantitative estimate of drug-likeness (QED) is 0.575. The van der Waals surface area contributed by atoms with E-state index >= 15 is 0 Å². The number of rotatable bonds is 0. The summed E-state index contributed by atoms with van der Waals surface area (Å²) >= 11 is 0. The molecule has 13 heavy (non-hydrogen) atoms. The Morgan fingerprint density at radius 3 is 3.15 bits per heavy atom. The summed E-state index contributed by atoms with van der Waals surface area (Å²) in [6, 6.07) is 7.97. The summed E-state index contributed by atoms with van der Waals surface area (Å²) in [4.78, 5) is 1.08. The lowest BCUT2D eigenvalue weighted by atomic mass is 10.2. The molecule has 3 nitrogen and oxygen atoms in total. The van der Waals surface area contributed by atoms with E-state index in [1.165, 1.54) is 5.56 Å². The van der Waals surface area contributed by atoms with Gasteiger partial charge < -0.3 is 0 Å². The van der Waals surface area contributed by atoms with Crippen molar-refractivity contribution in [2.45, 2.75) is 11.3 Å². The average Bonchev–Trinajstić information content (AvgIpc) is 2.19. The van der Waals surface area contributed by atoms with E-state index in [9.17, 15) is 0 Å². The molecule has 0 bridgehead atoms. The fraction of sp³-hybridized carbons (Fsp3) is 0.111. The Hall–Kier alpha value is -1.47. The highest BCUT2D eigenvalue weighted by molar-refractivity contribution is 7.86. The van der Waals surface area contributed by atoms with Gasteiger partial charge in [0, 0.05) is 17.5 Å². The first-order valence-electron chi connectivity index (χ1n) is 3.86. The van der Waals surface area contributed by atoms with Gasteiger partial charge in [-0.1, -0.05) is 18.2 Å². The van der Waals surface area contributed by atoms with Gasteiger partial charge in [0.2, 0.25) is 6.19 Å². The minimum Gasteiger partial charge on any atom is -0.212 e. The summed E-state index contributed by atoms with van der Waals surface area (Å²) in [7, 11) is -0.586. The first-order valence-corrected chi connectivity index (χ1v) is 5.00. The second-order valence-corrected chi connectivity index (χ2v) is 3.92. The summed E-state index contributed by atoms with van der Waals surface area (Å²) in [6.45, 7) is 0. The Morgan fingerprint density at radius 2 is 2.31 bits per heavy atom. The molecule has 1 aliphatic rings. The third-order valence-electron chi connectivity index (χ3n) is 1.78. The van der Waals surface area contributed by atoms with Gasteiger partial charge in [0.25, 0.3) is 0 Å². The third kappa shape index (κ3) is 1.51. The van der Waals surface area contributed by atoms with E-state index in [2.05, 4.69) is 8.76 Å². The minimum atomic E-state index is -0.586. The third-order valence-corrected chi connectivity index (χ3v) is 3.18. The van der Waals surface area contributed by atoms with E-state index in [0.29, 0.717) is 0 Å². The Kier molecular flexibility index (Phi) is 2.19. The van der Waals surface area contributed by atoms with Crippen molar-refractivity contribution in [2.24, 2.45) is 8.76 Å². The lowest BCUT2D eigenvalue weighted by Gasteiger charge is -2.10. The van der Waals surface area contributed by atoms with Crippen LogP contribution >= 0.6 is 0 Å². The van der Waals surface area contributed by atoms with Crippen LogP contribution in [0.15, 0.2) is 37.9 Å². The molecule has 0 aromatic heterocycles. The van der Waals surface area contributed by atoms with E-state index in [0.717, 1.165) is 11.3 Å². The van der Waals surface area contributed by atoms with Crippen molar-refractivity contribution in [3.63, 3.8) is 0 Å². The number of benzene rings is 1. The highest BCUT2D eigenvalue weighted by atomic mass is 32.2. The maximum Gasteiger partial charge on any atom is 0.214 e. The van der Waals surface area contributed by atoms with Crippen molar-refractivity contribution < 1.29 is 0 Å². The van der Waals surface area contributed by atoms with Crippen LogP contribution in [-0.4, -0.2) is 6.21 Å². The zero-order valence-corrected chi connectivity index (χ0v) is 7.66. The molecule has 64 valence electrons. The number of nitriles is 1. The Labute approximate surface area is 79.0 Å². The van der Waals surface area contributed by atoms with Gasteiger partial charge in [-0.3, -0.25) is 0 Å². The SMILES string of the molecule is N#CN=S1N=CCc2ccccc21. The standard InChI is InChI=1S/C9H7N3S/c10-7-12-13-9-4-2-1-3-8(9)5-6-11-13/h1-4,6H,5H2. The Morgan fingerprint density at radius 1 is 1.46 bits per heavy atom. The molecule has 0 radical (unpaired) electrons. The molecule has 1 aromatic carbocycles. The second-order valence-electron chi connectivity index (χ2n) is 2.56. The van der Waals surface area contributed by atoms with Crippen LogP contribution in [0.3, 0.4) is 0 Å². The zero-order chi connectivity index (χ0) is 9.10. The molecule has 0 saturated carbocycles. The summed E-state index contributed by atoms with van der Waals surface area (Å²) in [5.41, 5.74) is 1.22. The van der Waals surface area contributed by atoms with Crippen molar-refractivity contribution in [3.8, 4) is 6.19 Å². The first kappa shape index (κ1) is 8.14. The molecular weight excluding hydrogens is 182 g/mol. The van der Waals surface area contributed by atoms with Crippen LogP contribution in [-0.2, 0) is 17.3 Å². The van der Waals surface area contributed by atoms with Crippen molar-refractivity contribution in [1.82, 2.24) is 0 Å². The maximum absolute atomic E-state index is 8.46. The largest absolute Gasteiger partial charge is 0.214 e. The smallest absolute Gasteiger partial charge is 0.212 e. The van der Waals surface area contributed by atoms with Crippen LogP contribution in [0.4, 0.5) is 0 Å². The van der Waals surface area contributed by atoms with Crippen molar-refractivity contribution in [3.05, 3.63) is 29.8 Å². The lowest BCUT2D eigenvalue weighted by Crippen LogP contribution is -2.02. The Bertz CT molecular complexity index is 429. The number of fused-ring (bicyclic) bond motifs is 1. The summed E-state index contributed by atoms with van der Waals surface area (Å²) in [5, 5.41) is 8.46. The summed E-state index contributed by atoms with van der Waals surface area (Å²) in [5.74, 6) is 0. The highest BCUT2D eigenvalue weighted by Gasteiger charge is 2.09. The van der Waals surface area contributed by atoms with Gasteiger partial charge >= 0.3 is 0 Å². The fourth-order valence-electron chi connectivity index (χ4n) is 1.22. The van der Waals surface area contributed by atoms with Gasteiger partial charge in [-0.25, -0.2) is 4.40 Å². The van der Waals surface area contributed by atoms with Crippen LogP contribution in [0.25, 0.3) is 0 Å². The number of nitrogens with zero attached hydrogens (tertiary/aromatic N) is 3. The molecule has 1 heterocycles. The highest BCUT2D eigenvalue weighted by Crippen LogP contribution is 2.19. The average molecular weight is 189 g/mol. The normalized spacial score (nSPS) is 19.5. The molecule has 2 rings (SSSR count). The van der Waals surface area contributed by atoms with E-state index in [-0.39, 0.29) is 0 Å². The molecule has 0 fully saturated rings. The predicted molar refractivity (Wildman–Crippen MR) is 52.3 cm³/mol. The predicted octanol–water partition coefficient (Wildman–Crippen LogP) is 1.87. The molecule has 1 atom stereocenters. The number of hydrogen-bond acceptors (Lipinski definition) is 2. The molecule has 0 aliphatic carbocycles. The Balaban J connectivity index is 2.56. The van der Waals surface area contributed by atoms with Gasteiger partial charge in [0.1, 0.15) is 0 Å². The molecular formula is C9H7N3S. The van der Waals surface area contributed by atoms with Gasteiger partial charge in [0.05, 0.1) is 10.9 Å². The second kappa shape index (κ2) is 3.50. The van der Waals surface area contributed by atoms with Crippen molar-refractivity contribution >= 4 is 17.1 Å². The molecule has 1 unspecified atom stereocenters. The monoisotopic (exact) mass is 189 g/mol. The van der Waals surface area contributed by atoms with Gasteiger partial charge in [0.15, 0.2) is 0 Å². The van der Waals surface area contributed by atoms with Gasteiger partial charge in [-0.2, -0.15) is 5.26 Å². The zero-order valence-electron chi connectivity index (χ0n) is 6.84. The van der Waals surface area contributed by atoms with Crippen LogP contribution in [0.2, 0.25) is 0 Å². The van der Waals surface area contributed by atoms with Crippen LogP contribution in [0.5, 0.6) is 0 Å². The molecule has 1 aromatic rings. The molecule has 4 heteroatoms. The lowest BCUT2D eigenvalue weighted by molar-refractivity contribution is 1.21. The van der Waals surface area contributed by atoms with E-state index in [1.54, 1.807) is 6.19 Å². The molecule has 0 amide bonds. The van der Waals surface area contributed by atoms with Crippen molar-refractivity contribution in [1.29, 1.82) is 5.26 Å². The number of hydrogen-bond donors (Lipinski definition) is 0. The van der Waals surface area contributed by atoms with Gasteiger partial charge in [-0.15, -0.1) is 4.36 Å². The first-order chi connectivity index (χ1) is 6.42. The van der Waals surface area contributed by atoms with Crippen LogP contribution in [0, 0.1) is 11.5 Å². The summed E-state index contributed by atoms with van der Waals surface area (Å²) in [6.07, 6.45) is 4.48. The minimum absolute atomic E-state index is 0.586.